The number of thiazole rings is 1. The number of nitrogens with zero attached hydrogens (tertiary/aromatic N) is 1. The highest BCUT2D eigenvalue weighted by Gasteiger charge is 2.42. The zero-order valence-corrected chi connectivity index (χ0v) is 15.1. The Kier molecular flexibility index (Phi) is 3.53. The van der Waals surface area contributed by atoms with Crippen LogP contribution >= 0.6 is 11.3 Å². The van der Waals surface area contributed by atoms with Gasteiger partial charge in [-0.2, -0.15) is 0 Å². The lowest BCUT2D eigenvalue weighted by molar-refractivity contribution is 0.230. The Morgan fingerprint density at radius 1 is 1.14 bits per heavy atom. The Bertz CT molecular complexity index is 533. The summed E-state index contributed by atoms with van der Waals surface area (Å²) in [7, 11) is 0. The molecule has 0 radical (unpaired) electrons. The van der Waals surface area contributed by atoms with Crippen molar-refractivity contribution in [1.29, 1.82) is 0 Å². The first-order chi connectivity index (χ1) is 9.61. The highest BCUT2D eigenvalue weighted by molar-refractivity contribution is 7.12. The van der Waals surface area contributed by atoms with Gasteiger partial charge in [0.25, 0.3) is 0 Å². The van der Waals surface area contributed by atoms with E-state index in [1.54, 1.807) is 0 Å². The average Bonchev–Trinajstić information content (AvgIpc) is 2.76. The van der Waals surface area contributed by atoms with Gasteiger partial charge in [0.15, 0.2) is 0 Å². The molecule has 0 spiro atoms. The molecule has 118 valence electrons. The summed E-state index contributed by atoms with van der Waals surface area (Å²) in [4.78, 5) is 6.56. The first-order valence-corrected chi connectivity index (χ1v) is 9.23. The average molecular weight is 307 g/mol. The van der Waals surface area contributed by atoms with Crippen molar-refractivity contribution in [2.45, 2.75) is 84.1 Å². The van der Waals surface area contributed by atoms with Crippen LogP contribution in [0.1, 0.15) is 82.3 Å². The van der Waals surface area contributed by atoms with E-state index in [2.05, 4.69) is 34.6 Å². The van der Waals surface area contributed by atoms with Crippen LogP contribution in [0.2, 0.25) is 0 Å². The maximum atomic E-state index is 6.76. The summed E-state index contributed by atoms with van der Waals surface area (Å²) in [6.45, 7) is 11.8. The van der Waals surface area contributed by atoms with Gasteiger partial charge in [-0.25, -0.2) is 4.98 Å². The third-order valence-electron chi connectivity index (χ3n) is 5.47. The van der Waals surface area contributed by atoms with Crippen LogP contribution in [-0.4, -0.2) is 4.98 Å². The molecule has 0 aliphatic heterocycles. The molecule has 3 rings (SSSR count). The van der Waals surface area contributed by atoms with Gasteiger partial charge in [0.1, 0.15) is 5.01 Å². The second-order valence-corrected chi connectivity index (χ2v) is 10.0. The zero-order chi connectivity index (χ0) is 15.5. The molecule has 1 aromatic heterocycles. The largest absolute Gasteiger partial charge is 0.319 e. The van der Waals surface area contributed by atoms with Crippen molar-refractivity contribution in [1.82, 2.24) is 4.98 Å². The fourth-order valence-electron chi connectivity index (χ4n) is 4.50. The lowest BCUT2D eigenvalue weighted by atomic mass is 9.67. The highest BCUT2D eigenvalue weighted by atomic mass is 32.1. The van der Waals surface area contributed by atoms with Gasteiger partial charge in [-0.15, -0.1) is 11.3 Å². The Labute approximate surface area is 133 Å². The van der Waals surface area contributed by atoms with E-state index in [1.165, 1.54) is 34.8 Å². The summed E-state index contributed by atoms with van der Waals surface area (Å²) in [6.07, 6.45) is 7.04. The molecule has 2 aliphatic carbocycles. The van der Waals surface area contributed by atoms with Gasteiger partial charge in [-0.3, -0.25) is 0 Å². The van der Waals surface area contributed by atoms with Crippen LogP contribution in [0.25, 0.3) is 0 Å². The van der Waals surface area contributed by atoms with Crippen molar-refractivity contribution in [3.8, 4) is 0 Å². The van der Waals surface area contributed by atoms with E-state index in [-0.39, 0.29) is 11.0 Å². The second kappa shape index (κ2) is 4.79. The molecule has 1 fully saturated rings. The molecule has 0 unspecified atom stereocenters. The zero-order valence-electron chi connectivity index (χ0n) is 14.3. The van der Waals surface area contributed by atoms with E-state index in [4.69, 9.17) is 10.7 Å². The van der Waals surface area contributed by atoms with E-state index >= 15 is 0 Å². The molecular formula is C18H30N2S. The standard InChI is InChI=1S/C18H30N2S/c1-12-6-8-18(19,9-7-12)15-20-13-10-16(2,3)11-17(4,5)14(13)21-15/h12H,6-11,19H2,1-5H3. The minimum absolute atomic E-state index is 0.158. The Balaban J connectivity index is 1.96. The number of fused-ring (bicyclic) bond motifs is 1. The van der Waals surface area contributed by atoms with E-state index in [9.17, 15) is 0 Å². The minimum atomic E-state index is -0.158. The molecule has 0 amide bonds. The Morgan fingerprint density at radius 3 is 2.38 bits per heavy atom. The summed E-state index contributed by atoms with van der Waals surface area (Å²) >= 11 is 1.91. The fourth-order valence-corrected chi connectivity index (χ4v) is 5.84. The van der Waals surface area contributed by atoms with Crippen molar-refractivity contribution >= 4 is 11.3 Å². The van der Waals surface area contributed by atoms with Gasteiger partial charge in [-0.05, 0) is 49.9 Å². The van der Waals surface area contributed by atoms with E-state index in [1.807, 2.05) is 11.3 Å². The number of hydrogen-bond donors (Lipinski definition) is 1. The van der Waals surface area contributed by atoms with Gasteiger partial charge in [0, 0.05) is 10.3 Å². The molecule has 0 bridgehead atoms. The molecule has 2 N–H and O–H groups in total. The van der Waals surface area contributed by atoms with Crippen molar-refractivity contribution in [2.24, 2.45) is 17.1 Å². The van der Waals surface area contributed by atoms with Crippen molar-refractivity contribution in [3.05, 3.63) is 15.6 Å². The highest BCUT2D eigenvalue weighted by Crippen LogP contribution is 2.50. The van der Waals surface area contributed by atoms with Crippen LogP contribution in [0.3, 0.4) is 0 Å². The molecular weight excluding hydrogens is 276 g/mol. The minimum Gasteiger partial charge on any atom is -0.319 e. The van der Waals surface area contributed by atoms with Crippen molar-refractivity contribution in [3.63, 3.8) is 0 Å². The van der Waals surface area contributed by atoms with Gasteiger partial charge in [0.2, 0.25) is 0 Å². The molecule has 1 saturated carbocycles. The number of hydrogen-bond acceptors (Lipinski definition) is 3. The Hall–Kier alpha value is -0.410. The van der Waals surface area contributed by atoms with Crippen LogP contribution in [0.5, 0.6) is 0 Å². The van der Waals surface area contributed by atoms with Crippen LogP contribution in [0.4, 0.5) is 0 Å². The summed E-state index contributed by atoms with van der Waals surface area (Å²) in [5, 5.41) is 1.21. The number of nitrogens with two attached hydrogens (primary N) is 1. The predicted octanol–water partition coefficient (Wildman–Crippen LogP) is 4.76. The fraction of sp³-hybridized carbons (Fsp3) is 0.833. The molecule has 21 heavy (non-hydrogen) atoms. The van der Waals surface area contributed by atoms with Gasteiger partial charge >= 0.3 is 0 Å². The van der Waals surface area contributed by atoms with Crippen LogP contribution in [0, 0.1) is 11.3 Å². The monoisotopic (exact) mass is 306 g/mol. The third-order valence-corrected chi connectivity index (χ3v) is 7.15. The summed E-state index contributed by atoms with van der Waals surface area (Å²) in [6, 6.07) is 0. The van der Waals surface area contributed by atoms with Crippen molar-refractivity contribution < 1.29 is 0 Å². The summed E-state index contributed by atoms with van der Waals surface area (Å²) < 4.78 is 0. The van der Waals surface area contributed by atoms with Crippen molar-refractivity contribution in [2.75, 3.05) is 0 Å². The van der Waals surface area contributed by atoms with E-state index < -0.39 is 0 Å². The second-order valence-electron chi connectivity index (χ2n) is 9.04. The van der Waals surface area contributed by atoms with Crippen LogP contribution < -0.4 is 5.73 Å². The molecule has 2 nitrogen and oxygen atoms in total. The number of rotatable bonds is 1. The number of aromatic nitrogens is 1. The lowest BCUT2D eigenvalue weighted by Crippen LogP contribution is -2.40. The van der Waals surface area contributed by atoms with Crippen LogP contribution in [0.15, 0.2) is 0 Å². The van der Waals surface area contributed by atoms with Gasteiger partial charge in [0.05, 0.1) is 11.2 Å². The van der Waals surface area contributed by atoms with E-state index in [0.29, 0.717) is 5.41 Å². The van der Waals surface area contributed by atoms with Gasteiger partial charge in [-0.1, -0.05) is 34.6 Å². The quantitative estimate of drug-likeness (QED) is 0.812. The lowest BCUT2D eigenvalue weighted by Gasteiger charge is -2.39. The summed E-state index contributed by atoms with van der Waals surface area (Å²) in [5.74, 6) is 0.826. The molecule has 0 atom stereocenters. The Morgan fingerprint density at radius 2 is 1.76 bits per heavy atom. The normalized spacial score (nSPS) is 34.5. The first-order valence-electron chi connectivity index (χ1n) is 8.41. The SMILES string of the molecule is CC1CCC(N)(c2nc3c(s2)C(C)(C)CC(C)(C)C3)CC1. The van der Waals surface area contributed by atoms with Crippen LogP contribution in [-0.2, 0) is 17.4 Å². The molecule has 2 aliphatic rings. The molecule has 1 heterocycles. The summed E-state index contributed by atoms with van der Waals surface area (Å²) in [5.41, 5.74) is 8.53. The van der Waals surface area contributed by atoms with E-state index in [0.717, 1.165) is 25.2 Å². The third kappa shape index (κ3) is 2.79. The predicted molar refractivity (Wildman–Crippen MR) is 90.7 cm³/mol. The van der Waals surface area contributed by atoms with Gasteiger partial charge < -0.3 is 5.73 Å². The molecule has 1 aromatic rings. The maximum Gasteiger partial charge on any atom is 0.113 e. The molecule has 0 aromatic carbocycles. The molecule has 3 heteroatoms. The first kappa shape index (κ1) is 15.5. The smallest absolute Gasteiger partial charge is 0.113 e. The topological polar surface area (TPSA) is 38.9 Å². The molecule has 0 saturated heterocycles. The maximum absolute atomic E-state index is 6.76.